The molecule has 0 spiro atoms. The number of amides is 1. The molecule has 5 heteroatoms. The van der Waals surface area contributed by atoms with E-state index in [1.807, 2.05) is 38.4 Å². The van der Waals surface area contributed by atoms with Gasteiger partial charge >= 0.3 is 0 Å². The summed E-state index contributed by atoms with van der Waals surface area (Å²) < 4.78 is 5.47. The van der Waals surface area contributed by atoms with Crippen molar-refractivity contribution in [3.8, 4) is 5.75 Å². The van der Waals surface area contributed by atoms with Crippen molar-refractivity contribution in [3.05, 3.63) is 29.8 Å². The fourth-order valence-corrected chi connectivity index (χ4v) is 1.63. The molecule has 1 amide bonds. The van der Waals surface area contributed by atoms with Crippen LogP contribution in [0.25, 0.3) is 0 Å². The zero-order valence-electron chi connectivity index (χ0n) is 11.7. The first kappa shape index (κ1) is 15.5. The predicted octanol–water partition coefficient (Wildman–Crippen LogP) is 0.592. The first-order valence-corrected chi connectivity index (χ1v) is 6.45. The minimum absolute atomic E-state index is 0.0268. The molecule has 19 heavy (non-hydrogen) atoms. The standard InChI is InChI=1S/C14H23N3O2/c1-17(2)9-5-8-16-14(18)11-19-13-7-4-3-6-12(13)10-15/h3-4,6-7H,5,8-11,15H2,1-2H3,(H,16,18). The second kappa shape index (κ2) is 8.50. The van der Waals surface area contributed by atoms with E-state index in [0.29, 0.717) is 18.8 Å². The predicted molar refractivity (Wildman–Crippen MR) is 76.0 cm³/mol. The number of hydrogen-bond donors (Lipinski definition) is 2. The summed E-state index contributed by atoms with van der Waals surface area (Å²) >= 11 is 0. The van der Waals surface area contributed by atoms with Crippen LogP contribution in [0, 0.1) is 0 Å². The van der Waals surface area contributed by atoms with Crippen molar-refractivity contribution < 1.29 is 9.53 Å². The van der Waals surface area contributed by atoms with Crippen LogP contribution in [0.2, 0.25) is 0 Å². The molecule has 5 nitrogen and oxygen atoms in total. The van der Waals surface area contributed by atoms with Crippen LogP contribution < -0.4 is 15.8 Å². The number of carbonyl (C=O) groups excluding carboxylic acids is 1. The Bertz CT molecular complexity index is 394. The number of nitrogens with one attached hydrogen (secondary N) is 1. The molecule has 3 N–H and O–H groups in total. The van der Waals surface area contributed by atoms with Gasteiger partial charge in [0.15, 0.2) is 6.61 Å². The van der Waals surface area contributed by atoms with Crippen LogP contribution in [-0.2, 0) is 11.3 Å². The molecule has 0 saturated carbocycles. The normalized spacial score (nSPS) is 10.5. The fraction of sp³-hybridized carbons (Fsp3) is 0.500. The summed E-state index contributed by atoms with van der Waals surface area (Å²) in [6.07, 6.45) is 0.929. The molecule has 0 aliphatic heterocycles. The van der Waals surface area contributed by atoms with Crippen molar-refractivity contribution in [3.63, 3.8) is 0 Å². The van der Waals surface area contributed by atoms with E-state index in [0.717, 1.165) is 18.5 Å². The summed E-state index contributed by atoms with van der Waals surface area (Å²) in [4.78, 5) is 13.7. The molecule has 0 unspecified atom stereocenters. The quantitative estimate of drug-likeness (QED) is 0.675. The lowest BCUT2D eigenvalue weighted by Crippen LogP contribution is -2.31. The summed E-state index contributed by atoms with van der Waals surface area (Å²) in [5.74, 6) is 0.569. The number of nitrogens with zero attached hydrogens (tertiary/aromatic N) is 1. The Morgan fingerprint density at radius 1 is 1.37 bits per heavy atom. The van der Waals surface area contributed by atoms with Gasteiger partial charge in [-0.1, -0.05) is 18.2 Å². The maximum Gasteiger partial charge on any atom is 0.257 e. The Morgan fingerprint density at radius 2 is 2.11 bits per heavy atom. The molecular formula is C14H23N3O2. The average molecular weight is 265 g/mol. The van der Waals surface area contributed by atoms with E-state index in [1.165, 1.54) is 0 Å². The van der Waals surface area contributed by atoms with Crippen LogP contribution in [0.3, 0.4) is 0 Å². The smallest absolute Gasteiger partial charge is 0.257 e. The summed E-state index contributed by atoms with van der Waals surface area (Å²) in [6.45, 7) is 2.05. The van der Waals surface area contributed by atoms with E-state index in [4.69, 9.17) is 10.5 Å². The fourth-order valence-electron chi connectivity index (χ4n) is 1.63. The van der Waals surface area contributed by atoms with Crippen molar-refractivity contribution in [1.82, 2.24) is 10.2 Å². The van der Waals surface area contributed by atoms with Gasteiger partial charge in [0.2, 0.25) is 0 Å². The number of rotatable bonds is 8. The number of hydrogen-bond acceptors (Lipinski definition) is 4. The third-order valence-electron chi connectivity index (χ3n) is 2.66. The third-order valence-corrected chi connectivity index (χ3v) is 2.66. The maximum absolute atomic E-state index is 11.6. The first-order valence-electron chi connectivity index (χ1n) is 6.45. The third kappa shape index (κ3) is 6.22. The topological polar surface area (TPSA) is 67.6 Å². The van der Waals surface area contributed by atoms with E-state index in [9.17, 15) is 4.79 Å². The molecule has 106 valence electrons. The van der Waals surface area contributed by atoms with Gasteiger partial charge in [-0.2, -0.15) is 0 Å². The van der Waals surface area contributed by atoms with Gasteiger partial charge in [0, 0.05) is 18.7 Å². The highest BCUT2D eigenvalue weighted by Crippen LogP contribution is 2.16. The SMILES string of the molecule is CN(C)CCCNC(=O)COc1ccccc1CN. The molecular weight excluding hydrogens is 242 g/mol. The van der Waals surface area contributed by atoms with Crippen molar-refractivity contribution in [2.75, 3.05) is 33.8 Å². The molecule has 0 fully saturated rings. The highest BCUT2D eigenvalue weighted by Gasteiger charge is 2.05. The van der Waals surface area contributed by atoms with Crippen LogP contribution in [-0.4, -0.2) is 44.6 Å². The van der Waals surface area contributed by atoms with Crippen LogP contribution in [0.5, 0.6) is 5.75 Å². The second-order valence-corrected chi connectivity index (χ2v) is 4.61. The number of nitrogens with two attached hydrogens (primary N) is 1. The van der Waals surface area contributed by atoms with Crippen molar-refractivity contribution in [2.45, 2.75) is 13.0 Å². The molecule has 1 rings (SSSR count). The van der Waals surface area contributed by atoms with E-state index < -0.39 is 0 Å². The van der Waals surface area contributed by atoms with Crippen LogP contribution in [0.4, 0.5) is 0 Å². The Labute approximate surface area is 114 Å². The van der Waals surface area contributed by atoms with E-state index in [1.54, 1.807) is 0 Å². The highest BCUT2D eigenvalue weighted by molar-refractivity contribution is 5.77. The Balaban J connectivity index is 2.26. The number of benzene rings is 1. The van der Waals surface area contributed by atoms with E-state index >= 15 is 0 Å². The minimum atomic E-state index is -0.106. The molecule has 1 aromatic rings. The van der Waals surface area contributed by atoms with Gasteiger partial charge in [0.25, 0.3) is 5.91 Å². The molecule has 0 heterocycles. The Kier molecular flexibility index (Phi) is 6.92. The van der Waals surface area contributed by atoms with Gasteiger partial charge in [0.05, 0.1) is 0 Å². The number of ether oxygens (including phenoxy) is 1. The zero-order chi connectivity index (χ0) is 14.1. The molecule has 0 aliphatic rings. The van der Waals surface area contributed by atoms with Gasteiger partial charge in [-0.3, -0.25) is 4.79 Å². The maximum atomic E-state index is 11.6. The Morgan fingerprint density at radius 3 is 2.79 bits per heavy atom. The molecule has 0 saturated heterocycles. The molecule has 1 aromatic carbocycles. The lowest BCUT2D eigenvalue weighted by molar-refractivity contribution is -0.123. The molecule has 0 aromatic heterocycles. The molecule has 0 aliphatic carbocycles. The zero-order valence-corrected chi connectivity index (χ0v) is 11.7. The van der Waals surface area contributed by atoms with Gasteiger partial charge in [0.1, 0.15) is 5.75 Å². The first-order chi connectivity index (χ1) is 9.13. The van der Waals surface area contributed by atoms with Crippen LogP contribution in [0.1, 0.15) is 12.0 Å². The van der Waals surface area contributed by atoms with Crippen LogP contribution >= 0.6 is 0 Å². The summed E-state index contributed by atoms with van der Waals surface area (Å²) in [6, 6.07) is 7.48. The summed E-state index contributed by atoms with van der Waals surface area (Å²) in [7, 11) is 4.02. The van der Waals surface area contributed by atoms with Crippen molar-refractivity contribution >= 4 is 5.91 Å². The molecule has 0 atom stereocenters. The summed E-state index contributed by atoms with van der Waals surface area (Å²) in [5, 5.41) is 2.82. The van der Waals surface area contributed by atoms with E-state index in [-0.39, 0.29) is 12.5 Å². The lowest BCUT2D eigenvalue weighted by Gasteiger charge is -2.11. The van der Waals surface area contributed by atoms with Gasteiger partial charge in [-0.25, -0.2) is 0 Å². The summed E-state index contributed by atoms with van der Waals surface area (Å²) in [5.41, 5.74) is 6.50. The highest BCUT2D eigenvalue weighted by atomic mass is 16.5. The number of carbonyl (C=O) groups is 1. The van der Waals surface area contributed by atoms with Gasteiger partial charge in [-0.15, -0.1) is 0 Å². The Hall–Kier alpha value is -1.59. The van der Waals surface area contributed by atoms with Crippen molar-refractivity contribution in [1.29, 1.82) is 0 Å². The van der Waals surface area contributed by atoms with Crippen LogP contribution in [0.15, 0.2) is 24.3 Å². The van der Waals surface area contributed by atoms with Gasteiger partial charge < -0.3 is 20.7 Å². The molecule has 0 radical (unpaired) electrons. The largest absolute Gasteiger partial charge is 0.483 e. The van der Waals surface area contributed by atoms with Crippen molar-refractivity contribution in [2.24, 2.45) is 5.73 Å². The second-order valence-electron chi connectivity index (χ2n) is 4.61. The monoisotopic (exact) mass is 265 g/mol. The minimum Gasteiger partial charge on any atom is -0.483 e. The average Bonchev–Trinajstić information content (AvgIpc) is 2.41. The van der Waals surface area contributed by atoms with Gasteiger partial charge in [-0.05, 0) is 33.1 Å². The number of para-hydroxylation sites is 1. The molecule has 0 bridgehead atoms. The van der Waals surface area contributed by atoms with E-state index in [2.05, 4.69) is 10.2 Å². The lowest BCUT2D eigenvalue weighted by atomic mass is 10.2.